The molecule has 2 fully saturated rings. The van der Waals surface area contributed by atoms with Crippen LogP contribution in [0.4, 0.5) is 0 Å². The van der Waals surface area contributed by atoms with Crippen LogP contribution in [-0.4, -0.2) is 56.9 Å². The van der Waals surface area contributed by atoms with Crippen molar-refractivity contribution in [1.82, 2.24) is 19.4 Å². The zero-order valence-electron chi connectivity index (χ0n) is 13.1. The van der Waals surface area contributed by atoms with Gasteiger partial charge in [0.2, 0.25) is 5.91 Å². The molecule has 0 saturated carbocycles. The minimum atomic E-state index is 0.0462. The Hall–Kier alpha value is -1.50. The van der Waals surface area contributed by atoms with Crippen molar-refractivity contribution >= 4 is 23.3 Å². The Morgan fingerprint density at radius 1 is 1.27 bits per heavy atom. The van der Waals surface area contributed by atoms with Gasteiger partial charge in [-0.3, -0.25) is 9.59 Å². The number of carbonyl (C=O) groups is 2. The number of carbonyl (C=O) groups excluding carboxylic acids is 2. The van der Waals surface area contributed by atoms with Crippen LogP contribution in [0.3, 0.4) is 0 Å². The molecule has 0 unspecified atom stereocenters. The molecule has 0 N–H and O–H groups in total. The second-order valence-corrected chi connectivity index (χ2v) is 7.11. The maximum Gasteiger partial charge on any atom is 0.267 e. The highest BCUT2D eigenvalue weighted by Crippen LogP contribution is 2.26. The SMILES string of the molecule is CC(C)c1nnsc1C(=O)N1CCC(N2CCCC2=O)CC1. The molecular weight excluding hydrogens is 300 g/mol. The van der Waals surface area contributed by atoms with Gasteiger partial charge in [0, 0.05) is 32.1 Å². The molecule has 22 heavy (non-hydrogen) atoms. The summed E-state index contributed by atoms with van der Waals surface area (Å²) in [5.41, 5.74) is 0.798. The Balaban J connectivity index is 1.62. The zero-order chi connectivity index (χ0) is 15.7. The summed E-state index contributed by atoms with van der Waals surface area (Å²) in [6.45, 7) is 6.36. The van der Waals surface area contributed by atoms with Crippen LogP contribution in [0.15, 0.2) is 0 Å². The van der Waals surface area contributed by atoms with E-state index < -0.39 is 0 Å². The molecule has 7 heteroatoms. The molecule has 0 aliphatic carbocycles. The number of rotatable bonds is 3. The van der Waals surface area contributed by atoms with Gasteiger partial charge >= 0.3 is 0 Å². The predicted molar refractivity (Wildman–Crippen MR) is 83.9 cm³/mol. The molecule has 0 atom stereocenters. The van der Waals surface area contributed by atoms with Crippen molar-refractivity contribution < 1.29 is 9.59 Å². The van der Waals surface area contributed by atoms with Crippen molar-refractivity contribution in [3.63, 3.8) is 0 Å². The largest absolute Gasteiger partial charge is 0.340 e. The van der Waals surface area contributed by atoms with E-state index in [1.54, 1.807) is 0 Å². The van der Waals surface area contributed by atoms with E-state index in [9.17, 15) is 9.59 Å². The molecule has 0 bridgehead atoms. The molecule has 2 aliphatic heterocycles. The molecule has 3 heterocycles. The lowest BCUT2D eigenvalue weighted by Crippen LogP contribution is -2.47. The Labute approximate surface area is 134 Å². The quantitative estimate of drug-likeness (QED) is 0.852. The second kappa shape index (κ2) is 6.32. The van der Waals surface area contributed by atoms with E-state index in [4.69, 9.17) is 0 Å². The molecule has 2 aliphatic rings. The summed E-state index contributed by atoms with van der Waals surface area (Å²) in [6, 6.07) is 0.309. The molecule has 1 aromatic heterocycles. The van der Waals surface area contributed by atoms with Crippen LogP contribution in [0.5, 0.6) is 0 Å². The fourth-order valence-electron chi connectivity index (χ4n) is 3.30. The van der Waals surface area contributed by atoms with Crippen molar-refractivity contribution in [2.24, 2.45) is 0 Å². The molecule has 0 aromatic carbocycles. The van der Waals surface area contributed by atoms with Gasteiger partial charge in [-0.1, -0.05) is 18.3 Å². The summed E-state index contributed by atoms with van der Waals surface area (Å²) in [5.74, 6) is 0.529. The van der Waals surface area contributed by atoms with E-state index in [-0.39, 0.29) is 17.7 Å². The van der Waals surface area contributed by atoms with Crippen molar-refractivity contribution in [2.45, 2.75) is 51.5 Å². The summed E-state index contributed by atoms with van der Waals surface area (Å²) in [7, 11) is 0. The van der Waals surface area contributed by atoms with Gasteiger partial charge in [-0.25, -0.2) is 0 Å². The minimum absolute atomic E-state index is 0.0462. The summed E-state index contributed by atoms with van der Waals surface area (Å²) in [4.78, 5) is 29.0. The van der Waals surface area contributed by atoms with Crippen molar-refractivity contribution in [2.75, 3.05) is 19.6 Å². The number of hydrogen-bond donors (Lipinski definition) is 0. The zero-order valence-corrected chi connectivity index (χ0v) is 13.9. The molecular formula is C15H22N4O2S. The normalized spacial score (nSPS) is 20.2. The number of hydrogen-bond acceptors (Lipinski definition) is 5. The summed E-state index contributed by atoms with van der Waals surface area (Å²) < 4.78 is 3.94. The first kappa shape index (κ1) is 15.4. The molecule has 120 valence electrons. The third kappa shape index (κ3) is 2.86. The maximum atomic E-state index is 12.7. The number of nitrogens with zero attached hydrogens (tertiary/aromatic N) is 4. The number of aromatic nitrogens is 2. The average molecular weight is 322 g/mol. The molecule has 0 radical (unpaired) electrons. The highest BCUT2D eigenvalue weighted by Gasteiger charge is 2.33. The van der Waals surface area contributed by atoms with Crippen LogP contribution < -0.4 is 0 Å². The standard InChI is InChI=1S/C15H22N4O2S/c1-10(2)13-14(22-17-16-13)15(21)18-8-5-11(6-9-18)19-7-3-4-12(19)20/h10-11H,3-9H2,1-2H3. The Kier molecular flexibility index (Phi) is 4.42. The minimum Gasteiger partial charge on any atom is -0.340 e. The fourth-order valence-corrected chi connectivity index (χ4v) is 4.09. The van der Waals surface area contributed by atoms with Gasteiger partial charge in [0.25, 0.3) is 5.91 Å². The number of piperidine rings is 1. The van der Waals surface area contributed by atoms with Gasteiger partial charge in [-0.15, -0.1) is 5.10 Å². The van der Waals surface area contributed by atoms with Gasteiger partial charge in [0.1, 0.15) is 4.88 Å². The number of likely N-dealkylation sites (tertiary alicyclic amines) is 2. The van der Waals surface area contributed by atoms with E-state index in [1.807, 2.05) is 23.6 Å². The lowest BCUT2D eigenvalue weighted by atomic mass is 10.0. The number of amides is 2. The Bertz CT molecular complexity index is 564. The van der Waals surface area contributed by atoms with Gasteiger partial charge < -0.3 is 9.80 Å². The van der Waals surface area contributed by atoms with Gasteiger partial charge in [-0.2, -0.15) is 0 Å². The van der Waals surface area contributed by atoms with Crippen molar-refractivity contribution in [3.05, 3.63) is 10.6 Å². The van der Waals surface area contributed by atoms with Gasteiger partial charge in [0.05, 0.1) is 5.69 Å². The molecule has 3 rings (SSSR count). The highest BCUT2D eigenvalue weighted by molar-refractivity contribution is 7.08. The van der Waals surface area contributed by atoms with E-state index in [0.29, 0.717) is 30.4 Å². The summed E-state index contributed by atoms with van der Waals surface area (Å²) in [5, 5.41) is 4.09. The molecule has 1 aromatic rings. The van der Waals surface area contributed by atoms with Gasteiger partial charge in [0.15, 0.2) is 0 Å². The van der Waals surface area contributed by atoms with E-state index in [1.165, 1.54) is 11.5 Å². The predicted octanol–water partition coefficient (Wildman–Crippen LogP) is 1.89. The van der Waals surface area contributed by atoms with Crippen LogP contribution in [0.25, 0.3) is 0 Å². The first-order valence-electron chi connectivity index (χ1n) is 7.99. The van der Waals surface area contributed by atoms with E-state index in [0.717, 1.165) is 31.5 Å². The Morgan fingerprint density at radius 2 is 2.00 bits per heavy atom. The average Bonchev–Trinajstić information content (AvgIpc) is 3.15. The highest BCUT2D eigenvalue weighted by atomic mass is 32.1. The third-order valence-corrected chi connectivity index (χ3v) is 5.29. The van der Waals surface area contributed by atoms with Crippen LogP contribution in [-0.2, 0) is 4.79 Å². The first-order chi connectivity index (χ1) is 10.6. The first-order valence-corrected chi connectivity index (χ1v) is 8.76. The summed E-state index contributed by atoms with van der Waals surface area (Å²) in [6.07, 6.45) is 3.41. The van der Waals surface area contributed by atoms with Crippen molar-refractivity contribution in [1.29, 1.82) is 0 Å². The maximum absolute atomic E-state index is 12.7. The smallest absolute Gasteiger partial charge is 0.267 e. The molecule has 0 spiro atoms. The molecule has 2 amide bonds. The second-order valence-electron chi connectivity index (χ2n) is 6.36. The van der Waals surface area contributed by atoms with Crippen molar-refractivity contribution in [3.8, 4) is 0 Å². The van der Waals surface area contributed by atoms with Crippen LogP contribution in [0.1, 0.15) is 60.8 Å². The third-order valence-electron chi connectivity index (χ3n) is 4.56. The topological polar surface area (TPSA) is 66.4 Å². The van der Waals surface area contributed by atoms with E-state index >= 15 is 0 Å². The van der Waals surface area contributed by atoms with Gasteiger partial charge in [-0.05, 0) is 36.7 Å². The van der Waals surface area contributed by atoms with Crippen LogP contribution in [0, 0.1) is 0 Å². The van der Waals surface area contributed by atoms with Crippen LogP contribution >= 0.6 is 11.5 Å². The Morgan fingerprint density at radius 3 is 2.59 bits per heavy atom. The monoisotopic (exact) mass is 322 g/mol. The molecule has 2 saturated heterocycles. The van der Waals surface area contributed by atoms with Crippen LogP contribution in [0.2, 0.25) is 0 Å². The lowest BCUT2D eigenvalue weighted by Gasteiger charge is -2.36. The lowest BCUT2D eigenvalue weighted by molar-refractivity contribution is -0.130. The summed E-state index contributed by atoms with van der Waals surface area (Å²) >= 11 is 1.19. The molecule has 6 nitrogen and oxygen atoms in total. The fraction of sp³-hybridized carbons (Fsp3) is 0.733. The van der Waals surface area contributed by atoms with E-state index in [2.05, 4.69) is 9.59 Å².